The maximum atomic E-state index is 13.2. The van der Waals surface area contributed by atoms with Crippen LogP contribution in [0.15, 0.2) is 66.2 Å². The summed E-state index contributed by atoms with van der Waals surface area (Å²) in [6.07, 6.45) is 0. The molecule has 1 atom stereocenters. The number of phenolic OH excluding ortho intramolecular Hbond substituents is 1. The Labute approximate surface area is 190 Å². The molecule has 0 radical (unpaired) electrons. The highest BCUT2D eigenvalue weighted by Gasteiger charge is 2.47. The zero-order valence-corrected chi connectivity index (χ0v) is 18.0. The van der Waals surface area contributed by atoms with Gasteiger partial charge in [0.25, 0.3) is 11.7 Å². The van der Waals surface area contributed by atoms with Crippen LogP contribution < -0.4 is 14.4 Å². The van der Waals surface area contributed by atoms with Gasteiger partial charge in [-0.3, -0.25) is 14.5 Å². The molecule has 0 spiro atoms. The number of ketones is 1. The molecule has 1 fully saturated rings. The summed E-state index contributed by atoms with van der Waals surface area (Å²) in [5.41, 5.74) is 3.30. The van der Waals surface area contributed by atoms with Crippen molar-refractivity contribution in [1.29, 1.82) is 0 Å². The molecule has 2 aliphatic rings. The van der Waals surface area contributed by atoms with Crippen molar-refractivity contribution >= 4 is 23.1 Å². The van der Waals surface area contributed by atoms with Crippen molar-refractivity contribution in [2.45, 2.75) is 19.9 Å². The molecule has 1 amide bonds. The quantitative estimate of drug-likeness (QED) is 0.355. The average molecular weight is 443 g/mol. The van der Waals surface area contributed by atoms with Crippen LogP contribution in [0.3, 0.4) is 0 Å². The van der Waals surface area contributed by atoms with Gasteiger partial charge in [-0.15, -0.1) is 0 Å². The van der Waals surface area contributed by atoms with Crippen LogP contribution in [0.4, 0.5) is 5.69 Å². The molecule has 7 nitrogen and oxygen atoms in total. The molecule has 1 unspecified atom stereocenters. The van der Waals surface area contributed by atoms with Crippen LogP contribution in [0.25, 0.3) is 5.76 Å². The first-order valence-electron chi connectivity index (χ1n) is 10.4. The first kappa shape index (κ1) is 20.6. The maximum Gasteiger partial charge on any atom is 0.300 e. The van der Waals surface area contributed by atoms with Gasteiger partial charge in [-0.2, -0.15) is 0 Å². The molecule has 2 heterocycles. The number of aliphatic hydroxyl groups is 1. The number of hydrogen-bond acceptors (Lipinski definition) is 6. The Morgan fingerprint density at radius 2 is 1.58 bits per heavy atom. The summed E-state index contributed by atoms with van der Waals surface area (Å²) in [6.45, 7) is 3.90. The molecule has 7 heteroatoms. The number of carbonyl (C=O) groups excluding carboxylic acids is 2. The number of aromatic hydroxyl groups is 1. The SMILES string of the molecule is Cc1cc(C)cc(N2C(=O)C(=O)/C(=C(\O)c3ccc4c(c3)OCO4)C2c2ccc(O)cc2)c1. The van der Waals surface area contributed by atoms with Gasteiger partial charge in [0.1, 0.15) is 11.5 Å². The van der Waals surface area contributed by atoms with Gasteiger partial charge in [0.05, 0.1) is 11.6 Å². The summed E-state index contributed by atoms with van der Waals surface area (Å²) in [7, 11) is 0. The zero-order chi connectivity index (χ0) is 23.3. The van der Waals surface area contributed by atoms with E-state index in [0.717, 1.165) is 11.1 Å². The van der Waals surface area contributed by atoms with Crippen molar-refractivity contribution in [2.75, 3.05) is 11.7 Å². The smallest absolute Gasteiger partial charge is 0.300 e. The van der Waals surface area contributed by atoms with Crippen molar-refractivity contribution < 1.29 is 29.3 Å². The minimum absolute atomic E-state index is 0.0382. The lowest BCUT2D eigenvalue weighted by Gasteiger charge is -2.26. The lowest BCUT2D eigenvalue weighted by molar-refractivity contribution is -0.132. The highest BCUT2D eigenvalue weighted by molar-refractivity contribution is 6.51. The van der Waals surface area contributed by atoms with E-state index in [1.54, 1.807) is 30.3 Å². The normalized spacial score (nSPS) is 18.7. The van der Waals surface area contributed by atoms with E-state index in [1.807, 2.05) is 32.0 Å². The van der Waals surface area contributed by atoms with Gasteiger partial charge in [0.2, 0.25) is 6.79 Å². The van der Waals surface area contributed by atoms with Crippen LogP contribution in [0.1, 0.15) is 28.3 Å². The Bertz CT molecular complexity index is 1300. The second kappa shape index (κ2) is 7.70. The number of rotatable bonds is 3. The second-order valence-corrected chi connectivity index (χ2v) is 8.17. The van der Waals surface area contributed by atoms with Gasteiger partial charge >= 0.3 is 0 Å². The fourth-order valence-corrected chi connectivity index (χ4v) is 4.36. The van der Waals surface area contributed by atoms with Crippen molar-refractivity contribution in [3.05, 3.63) is 88.5 Å². The van der Waals surface area contributed by atoms with Gasteiger partial charge < -0.3 is 19.7 Å². The monoisotopic (exact) mass is 443 g/mol. The van der Waals surface area contributed by atoms with E-state index in [4.69, 9.17) is 9.47 Å². The third-order valence-electron chi connectivity index (χ3n) is 5.78. The largest absolute Gasteiger partial charge is 0.508 e. The minimum atomic E-state index is -0.878. The van der Waals surface area contributed by atoms with Crippen LogP contribution in [0, 0.1) is 13.8 Å². The fraction of sp³-hybridized carbons (Fsp3) is 0.154. The Morgan fingerprint density at radius 1 is 0.909 bits per heavy atom. The van der Waals surface area contributed by atoms with Crippen molar-refractivity contribution in [2.24, 2.45) is 0 Å². The highest BCUT2D eigenvalue weighted by Crippen LogP contribution is 2.44. The summed E-state index contributed by atoms with van der Waals surface area (Å²) in [5.74, 6) is -0.793. The molecule has 2 N–H and O–H groups in total. The van der Waals surface area contributed by atoms with Gasteiger partial charge in [-0.25, -0.2) is 0 Å². The predicted octanol–water partition coefficient (Wildman–Crippen LogP) is 4.36. The molecule has 3 aromatic rings. The summed E-state index contributed by atoms with van der Waals surface area (Å²) in [4.78, 5) is 27.9. The third kappa shape index (κ3) is 3.47. The minimum Gasteiger partial charge on any atom is -0.508 e. The molecule has 3 aromatic carbocycles. The van der Waals surface area contributed by atoms with E-state index in [0.29, 0.717) is 28.3 Å². The van der Waals surface area contributed by atoms with Gasteiger partial charge in [0.15, 0.2) is 11.5 Å². The van der Waals surface area contributed by atoms with E-state index in [9.17, 15) is 19.8 Å². The molecule has 0 bridgehead atoms. The van der Waals surface area contributed by atoms with Crippen molar-refractivity contribution in [3.8, 4) is 17.2 Å². The number of aliphatic hydroxyl groups excluding tert-OH is 1. The number of phenols is 1. The van der Waals surface area contributed by atoms with Crippen LogP contribution in [0.2, 0.25) is 0 Å². The molecule has 0 aliphatic carbocycles. The van der Waals surface area contributed by atoms with Gasteiger partial charge in [-0.05, 0) is 73.0 Å². The average Bonchev–Trinajstić information content (AvgIpc) is 3.35. The molecule has 5 rings (SSSR count). The number of ether oxygens (including phenoxy) is 2. The Balaban J connectivity index is 1.72. The molecule has 1 saturated heterocycles. The summed E-state index contributed by atoms with van der Waals surface area (Å²) in [6, 6.07) is 15.8. The summed E-state index contributed by atoms with van der Waals surface area (Å²) >= 11 is 0. The summed E-state index contributed by atoms with van der Waals surface area (Å²) in [5, 5.41) is 21.0. The number of Topliss-reactive ketones (excluding diaryl/α,β-unsaturated/α-hetero) is 1. The second-order valence-electron chi connectivity index (χ2n) is 8.17. The van der Waals surface area contributed by atoms with Crippen LogP contribution in [-0.2, 0) is 9.59 Å². The molecule has 33 heavy (non-hydrogen) atoms. The lowest BCUT2D eigenvalue weighted by atomic mass is 9.94. The van der Waals surface area contributed by atoms with E-state index in [1.165, 1.54) is 17.0 Å². The number of amides is 1. The van der Waals surface area contributed by atoms with Gasteiger partial charge in [0, 0.05) is 11.3 Å². The molecule has 2 aliphatic heterocycles. The number of fused-ring (bicyclic) bond motifs is 1. The number of aryl methyl sites for hydroxylation is 2. The molecular formula is C26H21NO6. The first-order chi connectivity index (χ1) is 15.8. The highest BCUT2D eigenvalue weighted by atomic mass is 16.7. The number of anilines is 1. The number of carbonyl (C=O) groups is 2. The Kier molecular flexibility index (Phi) is 4.82. The third-order valence-corrected chi connectivity index (χ3v) is 5.78. The van der Waals surface area contributed by atoms with Gasteiger partial charge in [-0.1, -0.05) is 18.2 Å². The summed E-state index contributed by atoms with van der Waals surface area (Å²) < 4.78 is 10.7. The van der Waals surface area contributed by atoms with E-state index >= 15 is 0 Å². The van der Waals surface area contributed by atoms with Crippen LogP contribution in [-0.4, -0.2) is 28.7 Å². The molecule has 0 aromatic heterocycles. The standard InChI is InChI=1S/C26H21NO6/c1-14-9-15(2)11-18(10-14)27-23(16-3-6-19(28)7-4-16)22(25(30)26(27)31)24(29)17-5-8-20-21(12-17)33-13-32-20/h3-12,23,28-29H,13H2,1-2H3/b24-22-. The maximum absolute atomic E-state index is 13.2. The van der Waals surface area contributed by atoms with E-state index < -0.39 is 17.7 Å². The van der Waals surface area contributed by atoms with Crippen molar-refractivity contribution in [3.63, 3.8) is 0 Å². The Morgan fingerprint density at radius 3 is 2.27 bits per heavy atom. The number of hydrogen-bond donors (Lipinski definition) is 2. The Hall–Kier alpha value is -4.26. The lowest BCUT2D eigenvalue weighted by Crippen LogP contribution is -2.29. The fourth-order valence-electron chi connectivity index (χ4n) is 4.36. The van der Waals surface area contributed by atoms with Crippen LogP contribution in [0.5, 0.6) is 17.2 Å². The van der Waals surface area contributed by atoms with E-state index in [2.05, 4.69) is 0 Å². The molecule has 0 saturated carbocycles. The van der Waals surface area contributed by atoms with Crippen LogP contribution >= 0.6 is 0 Å². The number of benzene rings is 3. The van der Waals surface area contributed by atoms with Crippen molar-refractivity contribution in [1.82, 2.24) is 0 Å². The van der Waals surface area contributed by atoms with E-state index in [-0.39, 0.29) is 23.9 Å². The topological polar surface area (TPSA) is 96.3 Å². The number of nitrogens with zero attached hydrogens (tertiary/aromatic N) is 1. The molecule has 166 valence electrons. The first-order valence-corrected chi connectivity index (χ1v) is 10.4. The molecular weight excluding hydrogens is 422 g/mol. The zero-order valence-electron chi connectivity index (χ0n) is 18.0. The predicted molar refractivity (Wildman–Crippen MR) is 121 cm³/mol.